The fourth-order valence-electron chi connectivity index (χ4n) is 5.95. The molecule has 4 bridgehead atoms. The van der Waals surface area contributed by atoms with Gasteiger partial charge in [0.25, 0.3) is 0 Å². The molecule has 8 heteroatoms. The predicted octanol–water partition coefficient (Wildman–Crippen LogP) is 3.21. The first-order chi connectivity index (χ1) is 14.4. The lowest BCUT2D eigenvalue weighted by Crippen LogP contribution is -2.55. The van der Waals surface area contributed by atoms with Crippen LogP contribution >= 0.6 is 0 Å². The third-order valence-corrected chi connectivity index (χ3v) is 8.37. The lowest BCUT2D eigenvalue weighted by Gasteiger charge is -2.54. The monoisotopic (exact) mass is 426 g/mol. The number of nitrogens with zero attached hydrogens (tertiary/aromatic N) is 2. The zero-order chi connectivity index (χ0) is 20.9. The Morgan fingerprint density at radius 2 is 1.70 bits per heavy atom. The van der Waals surface area contributed by atoms with Gasteiger partial charge in [-0.1, -0.05) is 0 Å². The Morgan fingerprint density at radius 3 is 2.37 bits per heavy atom. The van der Waals surface area contributed by atoms with Gasteiger partial charge in [0, 0.05) is 37.1 Å². The van der Waals surface area contributed by atoms with Gasteiger partial charge >= 0.3 is 0 Å². The Labute approximate surface area is 176 Å². The van der Waals surface area contributed by atoms with Gasteiger partial charge in [0.05, 0.1) is 0 Å². The number of amides is 1. The molecule has 0 saturated heterocycles. The minimum Gasteiger partial charge on any atom is -0.311 e. The number of rotatable bonds is 5. The molecular weight excluding hydrogens is 400 g/mol. The lowest BCUT2D eigenvalue weighted by atomic mass is 9.54. The SMILES string of the molecule is CC(=O)Nc1cc(-c2cncc(S(=O)(=O)NC3C4CC5CC(C4)CC3C5)c2)ccn1. The molecule has 0 unspecified atom stereocenters. The Kier molecular flexibility index (Phi) is 4.86. The quantitative estimate of drug-likeness (QED) is 0.765. The maximum absolute atomic E-state index is 13.2. The van der Waals surface area contributed by atoms with Crippen molar-refractivity contribution in [1.29, 1.82) is 0 Å². The third kappa shape index (κ3) is 3.74. The highest BCUT2D eigenvalue weighted by molar-refractivity contribution is 7.89. The first kappa shape index (κ1) is 19.6. The highest BCUT2D eigenvalue weighted by Crippen LogP contribution is 2.53. The largest absolute Gasteiger partial charge is 0.311 e. The van der Waals surface area contributed by atoms with E-state index in [1.165, 1.54) is 19.5 Å². The second-order valence-electron chi connectivity index (χ2n) is 9.10. The fraction of sp³-hybridized carbons (Fsp3) is 0.500. The van der Waals surface area contributed by atoms with Crippen LogP contribution in [0.15, 0.2) is 41.7 Å². The summed E-state index contributed by atoms with van der Waals surface area (Å²) >= 11 is 0. The number of sulfonamides is 1. The van der Waals surface area contributed by atoms with Crippen molar-refractivity contribution < 1.29 is 13.2 Å². The van der Waals surface area contributed by atoms with Gasteiger partial charge in [-0.05, 0) is 79.5 Å². The number of nitrogens with one attached hydrogen (secondary N) is 2. The second-order valence-corrected chi connectivity index (χ2v) is 10.8. The molecule has 158 valence electrons. The Morgan fingerprint density at radius 1 is 1.00 bits per heavy atom. The summed E-state index contributed by atoms with van der Waals surface area (Å²) in [6, 6.07) is 5.15. The van der Waals surface area contributed by atoms with E-state index >= 15 is 0 Å². The fourth-order valence-corrected chi connectivity index (χ4v) is 7.31. The number of carbonyl (C=O) groups excluding carboxylic acids is 1. The molecule has 30 heavy (non-hydrogen) atoms. The van der Waals surface area contributed by atoms with Gasteiger partial charge in [-0.25, -0.2) is 18.1 Å². The summed E-state index contributed by atoms with van der Waals surface area (Å²) in [4.78, 5) is 19.8. The minimum absolute atomic E-state index is 0.0405. The zero-order valence-electron chi connectivity index (χ0n) is 16.9. The molecule has 0 aliphatic heterocycles. The molecule has 0 atom stereocenters. The topological polar surface area (TPSA) is 101 Å². The molecule has 4 saturated carbocycles. The first-order valence-electron chi connectivity index (χ1n) is 10.6. The molecule has 2 N–H and O–H groups in total. The number of aromatic nitrogens is 2. The molecule has 0 aromatic carbocycles. The molecule has 7 nitrogen and oxygen atoms in total. The molecule has 4 aliphatic carbocycles. The van der Waals surface area contributed by atoms with E-state index in [4.69, 9.17) is 0 Å². The summed E-state index contributed by atoms with van der Waals surface area (Å²) in [6.45, 7) is 1.42. The number of carbonyl (C=O) groups is 1. The Balaban J connectivity index is 1.39. The summed E-state index contributed by atoms with van der Waals surface area (Å²) in [5.41, 5.74) is 1.41. The molecular formula is C22H26N4O3S. The summed E-state index contributed by atoms with van der Waals surface area (Å²) in [6.07, 6.45) is 10.6. The van der Waals surface area contributed by atoms with Crippen LogP contribution in [0.2, 0.25) is 0 Å². The van der Waals surface area contributed by atoms with E-state index in [-0.39, 0.29) is 16.8 Å². The molecule has 0 radical (unpaired) electrons. The van der Waals surface area contributed by atoms with Crippen LogP contribution in [0.5, 0.6) is 0 Å². The van der Waals surface area contributed by atoms with E-state index in [1.54, 1.807) is 30.6 Å². The lowest BCUT2D eigenvalue weighted by molar-refractivity contribution is -0.114. The van der Waals surface area contributed by atoms with Crippen molar-refractivity contribution >= 4 is 21.7 Å². The van der Waals surface area contributed by atoms with E-state index in [0.29, 0.717) is 23.2 Å². The van der Waals surface area contributed by atoms with E-state index in [2.05, 4.69) is 20.0 Å². The van der Waals surface area contributed by atoms with Gasteiger partial charge in [-0.2, -0.15) is 0 Å². The van der Waals surface area contributed by atoms with Crippen LogP contribution in [0.1, 0.15) is 39.0 Å². The van der Waals surface area contributed by atoms with Gasteiger partial charge < -0.3 is 5.32 Å². The van der Waals surface area contributed by atoms with Gasteiger partial charge in [-0.15, -0.1) is 0 Å². The molecule has 0 spiro atoms. The average Bonchev–Trinajstić information content (AvgIpc) is 2.70. The van der Waals surface area contributed by atoms with E-state index in [1.807, 2.05) is 0 Å². The zero-order valence-corrected chi connectivity index (χ0v) is 17.7. The summed E-state index contributed by atoms with van der Waals surface area (Å²) < 4.78 is 29.4. The first-order valence-corrected chi connectivity index (χ1v) is 12.1. The number of pyridine rings is 2. The van der Waals surface area contributed by atoms with Crippen molar-refractivity contribution in [3.05, 3.63) is 36.8 Å². The highest BCUT2D eigenvalue weighted by Gasteiger charge is 2.49. The van der Waals surface area contributed by atoms with Gasteiger partial charge in [-0.3, -0.25) is 9.78 Å². The van der Waals surface area contributed by atoms with Crippen molar-refractivity contribution in [2.24, 2.45) is 23.7 Å². The van der Waals surface area contributed by atoms with E-state index < -0.39 is 10.0 Å². The van der Waals surface area contributed by atoms with E-state index in [9.17, 15) is 13.2 Å². The summed E-state index contributed by atoms with van der Waals surface area (Å²) in [7, 11) is -3.66. The van der Waals surface area contributed by atoms with Crippen molar-refractivity contribution in [2.45, 2.75) is 50.0 Å². The molecule has 4 fully saturated rings. The highest BCUT2D eigenvalue weighted by atomic mass is 32.2. The van der Waals surface area contributed by atoms with Crippen molar-refractivity contribution in [2.75, 3.05) is 5.32 Å². The molecule has 4 aliphatic rings. The third-order valence-electron chi connectivity index (χ3n) is 6.94. The van der Waals surface area contributed by atoms with Crippen LogP contribution in [-0.2, 0) is 14.8 Å². The molecule has 2 aromatic rings. The van der Waals surface area contributed by atoms with Crippen molar-refractivity contribution in [3.63, 3.8) is 0 Å². The number of hydrogen-bond acceptors (Lipinski definition) is 5. The molecule has 2 aromatic heterocycles. The van der Waals surface area contributed by atoms with Crippen LogP contribution in [-0.4, -0.2) is 30.3 Å². The summed E-state index contributed by atoms with van der Waals surface area (Å²) in [5, 5.41) is 2.64. The molecule has 1 amide bonds. The Bertz CT molecular complexity index is 1060. The van der Waals surface area contributed by atoms with Gasteiger partial charge in [0.1, 0.15) is 10.7 Å². The van der Waals surface area contributed by atoms with Gasteiger partial charge in [0.2, 0.25) is 15.9 Å². The molecule has 2 heterocycles. The minimum atomic E-state index is -3.66. The maximum atomic E-state index is 13.2. The number of hydrogen-bond donors (Lipinski definition) is 2. The normalized spacial score (nSPS) is 29.7. The van der Waals surface area contributed by atoms with Crippen LogP contribution in [0.3, 0.4) is 0 Å². The van der Waals surface area contributed by atoms with Crippen LogP contribution < -0.4 is 10.0 Å². The van der Waals surface area contributed by atoms with Crippen LogP contribution in [0.4, 0.5) is 5.82 Å². The number of anilines is 1. The van der Waals surface area contributed by atoms with Crippen LogP contribution in [0.25, 0.3) is 11.1 Å². The van der Waals surface area contributed by atoms with E-state index in [0.717, 1.165) is 43.1 Å². The van der Waals surface area contributed by atoms with Gasteiger partial charge in [0.15, 0.2) is 0 Å². The second kappa shape index (κ2) is 7.42. The van der Waals surface area contributed by atoms with Crippen LogP contribution in [0, 0.1) is 23.7 Å². The van der Waals surface area contributed by atoms with Crippen molar-refractivity contribution in [3.8, 4) is 11.1 Å². The predicted molar refractivity (Wildman–Crippen MR) is 113 cm³/mol. The van der Waals surface area contributed by atoms with Crippen molar-refractivity contribution in [1.82, 2.24) is 14.7 Å². The smallest absolute Gasteiger partial charge is 0.242 e. The Hall–Kier alpha value is -2.32. The summed E-state index contributed by atoms with van der Waals surface area (Å²) in [5.74, 6) is 2.72. The average molecular weight is 427 g/mol. The standard InChI is InChI=1S/C22H26N4O3S/c1-13(27)25-21-10-16(2-3-24-21)19-9-20(12-23-11-19)30(28,29)26-22-17-5-14-4-15(7-17)8-18(22)6-14/h2-3,9-12,14-15,17-18,22,26H,4-8H2,1H3,(H,24,25,27). The molecule has 6 rings (SSSR count). The maximum Gasteiger partial charge on any atom is 0.242 e.